The van der Waals surface area contributed by atoms with Crippen LogP contribution in [-0.4, -0.2) is 71.4 Å². The van der Waals surface area contributed by atoms with Gasteiger partial charge in [-0.25, -0.2) is 8.42 Å². The fourth-order valence-corrected chi connectivity index (χ4v) is 3.40. The van der Waals surface area contributed by atoms with Gasteiger partial charge in [-0.2, -0.15) is 5.26 Å². The van der Waals surface area contributed by atoms with Crippen LogP contribution in [0.2, 0.25) is 0 Å². The molecule has 0 aliphatic carbocycles. The first-order chi connectivity index (χ1) is 11.9. The normalized spacial score (nSPS) is 15.4. The molecule has 0 unspecified atom stereocenters. The highest BCUT2D eigenvalue weighted by Crippen LogP contribution is 2.21. The Balaban J connectivity index is 1.98. The summed E-state index contributed by atoms with van der Waals surface area (Å²) in [5, 5.41) is 11.9. The molecule has 8 nitrogen and oxygen atoms in total. The number of morpholine rings is 1. The standard InChI is InChI=1S/C16H22N4O4S/c1-25(22,23)20(15-5-3-2-4-14(15)12-17)13-16(21)18-6-7-19-8-10-24-11-9-19/h2-5H,6-11,13H2,1H3,(H,18,21). The maximum Gasteiger partial charge on any atom is 0.240 e. The number of ether oxygens (including phenoxy) is 1. The number of sulfonamides is 1. The molecule has 0 bridgehead atoms. The number of hydrogen-bond acceptors (Lipinski definition) is 6. The lowest BCUT2D eigenvalue weighted by atomic mass is 10.2. The molecule has 0 spiro atoms. The van der Waals surface area contributed by atoms with Crippen molar-refractivity contribution in [2.24, 2.45) is 0 Å². The first kappa shape index (κ1) is 19.2. The minimum Gasteiger partial charge on any atom is -0.379 e. The van der Waals surface area contributed by atoms with Gasteiger partial charge in [-0.05, 0) is 12.1 Å². The Kier molecular flexibility index (Phi) is 6.75. The number of anilines is 1. The minimum absolute atomic E-state index is 0.203. The molecule has 9 heteroatoms. The quantitative estimate of drug-likeness (QED) is 0.715. The lowest BCUT2D eigenvalue weighted by Gasteiger charge is -2.27. The van der Waals surface area contributed by atoms with Crippen LogP contribution >= 0.6 is 0 Å². The number of carbonyl (C=O) groups is 1. The third-order valence-electron chi connectivity index (χ3n) is 3.83. The Morgan fingerprint density at radius 2 is 2.04 bits per heavy atom. The topological polar surface area (TPSA) is 103 Å². The average molecular weight is 366 g/mol. The van der Waals surface area contributed by atoms with Crippen molar-refractivity contribution in [3.63, 3.8) is 0 Å². The Hall–Kier alpha value is -2.15. The van der Waals surface area contributed by atoms with Gasteiger partial charge in [0.15, 0.2) is 0 Å². The van der Waals surface area contributed by atoms with E-state index in [-0.39, 0.29) is 17.8 Å². The number of nitriles is 1. The van der Waals surface area contributed by atoms with Gasteiger partial charge in [-0.3, -0.25) is 14.0 Å². The van der Waals surface area contributed by atoms with Crippen LogP contribution in [0, 0.1) is 11.3 Å². The molecule has 1 aliphatic rings. The summed E-state index contributed by atoms with van der Waals surface area (Å²) in [6, 6.07) is 8.26. The molecule has 1 aromatic carbocycles. The number of nitrogens with one attached hydrogen (secondary N) is 1. The number of benzene rings is 1. The van der Waals surface area contributed by atoms with E-state index in [2.05, 4.69) is 10.2 Å². The molecule has 1 aliphatic heterocycles. The van der Waals surface area contributed by atoms with Crippen molar-refractivity contribution in [1.29, 1.82) is 5.26 Å². The molecule has 1 aromatic rings. The molecule has 1 amide bonds. The first-order valence-corrected chi connectivity index (χ1v) is 9.80. The van der Waals surface area contributed by atoms with E-state index in [1.54, 1.807) is 12.1 Å². The molecule has 0 atom stereocenters. The second-order valence-electron chi connectivity index (χ2n) is 5.70. The summed E-state index contributed by atoms with van der Waals surface area (Å²) in [6.07, 6.45) is 1.02. The van der Waals surface area contributed by atoms with Gasteiger partial charge in [0.2, 0.25) is 15.9 Å². The van der Waals surface area contributed by atoms with E-state index in [1.165, 1.54) is 12.1 Å². The van der Waals surface area contributed by atoms with E-state index in [9.17, 15) is 13.2 Å². The molecule has 2 rings (SSSR count). The highest BCUT2D eigenvalue weighted by atomic mass is 32.2. The summed E-state index contributed by atoms with van der Waals surface area (Å²) in [7, 11) is -3.70. The van der Waals surface area contributed by atoms with E-state index in [1.807, 2.05) is 6.07 Å². The fourth-order valence-electron chi connectivity index (χ4n) is 2.53. The van der Waals surface area contributed by atoms with Crippen molar-refractivity contribution < 1.29 is 17.9 Å². The number of para-hydroxylation sites is 1. The summed E-state index contributed by atoms with van der Waals surface area (Å²) in [4.78, 5) is 14.3. The Morgan fingerprint density at radius 1 is 1.36 bits per heavy atom. The van der Waals surface area contributed by atoms with Crippen LogP contribution in [0.25, 0.3) is 0 Å². The Labute approximate surface area is 148 Å². The lowest BCUT2D eigenvalue weighted by molar-refractivity contribution is -0.119. The molecular formula is C16H22N4O4S. The summed E-state index contributed by atoms with van der Waals surface area (Å²) in [5.41, 5.74) is 0.407. The van der Waals surface area contributed by atoms with Crippen molar-refractivity contribution in [2.75, 3.05) is 56.5 Å². The third-order valence-corrected chi connectivity index (χ3v) is 4.96. The summed E-state index contributed by atoms with van der Waals surface area (Å²) in [6.45, 7) is 3.75. The molecule has 0 aromatic heterocycles. The number of carbonyl (C=O) groups excluding carboxylic acids is 1. The lowest BCUT2D eigenvalue weighted by Crippen LogP contribution is -2.44. The van der Waals surface area contributed by atoms with Gasteiger partial charge in [0, 0.05) is 26.2 Å². The van der Waals surface area contributed by atoms with Crippen LogP contribution in [0.3, 0.4) is 0 Å². The molecular weight excluding hydrogens is 344 g/mol. The molecule has 1 saturated heterocycles. The van der Waals surface area contributed by atoms with Gasteiger partial charge >= 0.3 is 0 Å². The van der Waals surface area contributed by atoms with Gasteiger partial charge in [0.1, 0.15) is 12.6 Å². The maximum atomic E-state index is 12.2. The van der Waals surface area contributed by atoms with Crippen LogP contribution in [0.1, 0.15) is 5.56 Å². The number of rotatable bonds is 7. The minimum atomic E-state index is -3.70. The van der Waals surface area contributed by atoms with Gasteiger partial charge < -0.3 is 10.1 Å². The van der Waals surface area contributed by atoms with Crippen molar-refractivity contribution in [3.8, 4) is 6.07 Å². The molecule has 1 heterocycles. The zero-order chi connectivity index (χ0) is 18.3. The fraction of sp³-hybridized carbons (Fsp3) is 0.500. The second-order valence-corrected chi connectivity index (χ2v) is 7.61. The monoisotopic (exact) mass is 366 g/mol. The van der Waals surface area contributed by atoms with Crippen LogP contribution < -0.4 is 9.62 Å². The van der Waals surface area contributed by atoms with Gasteiger partial charge in [-0.1, -0.05) is 12.1 Å². The predicted octanol–water partition coefficient (Wildman–Crippen LogP) is -0.227. The van der Waals surface area contributed by atoms with Gasteiger partial charge in [0.25, 0.3) is 0 Å². The van der Waals surface area contributed by atoms with Crippen molar-refractivity contribution >= 4 is 21.6 Å². The summed E-state index contributed by atoms with van der Waals surface area (Å²) < 4.78 is 30.4. The zero-order valence-electron chi connectivity index (χ0n) is 14.1. The number of amides is 1. The molecule has 0 radical (unpaired) electrons. The zero-order valence-corrected chi connectivity index (χ0v) is 15.0. The van der Waals surface area contributed by atoms with Crippen LogP contribution in [0.5, 0.6) is 0 Å². The highest BCUT2D eigenvalue weighted by Gasteiger charge is 2.23. The van der Waals surface area contributed by atoms with Crippen molar-refractivity contribution in [3.05, 3.63) is 29.8 Å². The van der Waals surface area contributed by atoms with Crippen molar-refractivity contribution in [1.82, 2.24) is 10.2 Å². The average Bonchev–Trinajstić information content (AvgIpc) is 2.59. The molecule has 0 saturated carbocycles. The largest absolute Gasteiger partial charge is 0.379 e. The Morgan fingerprint density at radius 3 is 2.68 bits per heavy atom. The van der Waals surface area contributed by atoms with E-state index in [4.69, 9.17) is 10.00 Å². The second kappa shape index (κ2) is 8.80. The Bertz CT molecular complexity index is 739. The van der Waals surface area contributed by atoms with Crippen LogP contribution in [0.4, 0.5) is 5.69 Å². The van der Waals surface area contributed by atoms with Crippen LogP contribution in [0.15, 0.2) is 24.3 Å². The molecule has 1 N–H and O–H groups in total. The van der Waals surface area contributed by atoms with Crippen LogP contribution in [-0.2, 0) is 19.6 Å². The maximum absolute atomic E-state index is 12.2. The van der Waals surface area contributed by atoms with E-state index >= 15 is 0 Å². The van der Waals surface area contributed by atoms with E-state index in [0.29, 0.717) is 26.3 Å². The van der Waals surface area contributed by atoms with Gasteiger partial charge in [0.05, 0.1) is 30.7 Å². The molecule has 1 fully saturated rings. The van der Waals surface area contributed by atoms with E-state index < -0.39 is 15.9 Å². The predicted molar refractivity (Wildman–Crippen MR) is 93.6 cm³/mol. The van der Waals surface area contributed by atoms with Gasteiger partial charge in [-0.15, -0.1) is 0 Å². The third kappa shape index (κ3) is 5.70. The number of nitrogens with zero attached hydrogens (tertiary/aromatic N) is 3. The van der Waals surface area contributed by atoms with E-state index in [0.717, 1.165) is 23.7 Å². The summed E-state index contributed by atoms with van der Waals surface area (Å²) in [5.74, 6) is -0.411. The SMILES string of the molecule is CS(=O)(=O)N(CC(=O)NCCN1CCOCC1)c1ccccc1C#N. The van der Waals surface area contributed by atoms with Crippen molar-refractivity contribution in [2.45, 2.75) is 0 Å². The number of hydrogen-bond donors (Lipinski definition) is 1. The smallest absolute Gasteiger partial charge is 0.240 e. The highest BCUT2D eigenvalue weighted by molar-refractivity contribution is 7.92. The molecule has 25 heavy (non-hydrogen) atoms. The summed E-state index contributed by atoms with van der Waals surface area (Å²) >= 11 is 0. The first-order valence-electron chi connectivity index (χ1n) is 7.95. The molecule has 136 valence electrons.